The molecular weight excluding hydrogens is 196 g/mol. The number of aliphatic hydroxyl groups is 1. The van der Waals surface area contributed by atoms with Gasteiger partial charge in [0.2, 0.25) is 5.60 Å². The van der Waals surface area contributed by atoms with Crippen LogP contribution in [-0.4, -0.2) is 28.1 Å². The molecule has 0 aliphatic heterocycles. The van der Waals surface area contributed by atoms with Gasteiger partial charge >= 0.3 is 5.97 Å². The Bertz CT molecular complexity index is 277. The van der Waals surface area contributed by atoms with Crippen molar-refractivity contribution in [3.63, 3.8) is 0 Å². The summed E-state index contributed by atoms with van der Waals surface area (Å²) in [7, 11) is 0. The Kier molecular flexibility index (Phi) is 3.19. The lowest BCUT2D eigenvalue weighted by molar-refractivity contribution is -0.182. The van der Waals surface area contributed by atoms with Gasteiger partial charge in [-0.15, -0.1) is 0 Å². The van der Waals surface area contributed by atoms with Crippen molar-refractivity contribution in [1.29, 1.82) is 0 Å². The number of esters is 1. The van der Waals surface area contributed by atoms with Gasteiger partial charge in [-0.1, -0.05) is 0 Å². The molecule has 1 unspecified atom stereocenters. The molecule has 86 valence electrons. The van der Waals surface area contributed by atoms with Gasteiger partial charge in [-0.3, -0.25) is 4.79 Å². The largest absolute Gasteiger partial charge is 0.457 e. The van der Waals surface area contributed by atoms with Gasteiger partial charge in [-0.05, 0) is 40.0 Å². The molecule has 0 saturated heterocycles. The van der Waals surface area contributed by atoms with Crippen molar-refractivity contribution in [2.75, 3.05) is 0 Å². The van der Waals surface area contributed by atoms with Gasteiger partial charge in [0.05, 0.1) is 0 Å². The van der Waals surface area contributed by atoms with Crippen LogP contribution in [0.15, 0.2) is 0 Å². The molecule has 1 aliphatic rings. The van der Waals surface area contributed by atoms with Crippen LogP contribution in [0.5, 0.6) is 0 Å². The third-order valence-electron chi connectivity index (χ3n) is 2.39. The van der Waals surface area contributed by atoms with Crippen molar-refractivity contribution in [3.05, 3.63) is 0 Å². The minimum Gasteiger partial charge on any atom is -0.457 e. The zero-order valence-electron chi connectivity index (χ0n) is 9.50. The summed E-state index contributed by atoms with van der Waals surface area (Å²) in [6, 6.07) is 0. The second-order valence-electron chi connectivity index (χ2n) is 4.99. The topological polar surface area (TPSA) is 63.6 Å². The van der Waals surface area contributed by atoms with Crippen molar-refractivity contribution in [3.8, 4) is 0 Å². The molecule has 15 heavy (non-hydrogen) atoms. The van der Waals surface area contributed by atoms with E-state index in [1.165, 1.54) is 0 Å². The average molecular weight is 214 g/mol. The van der Waals surface area contributed by atoms with Crippen LogP contribution in [0.25, 0.3) is 0 Å². The van der Waals surface area contributed by atoms with Crippen LogP contribution in [0.4, 0.5) is 0 Å². The zero-order chi connectivity index (χ0) is 11.7. The third-order valence-corrected chi connectivity index (χ3v) is 2.39. The molecule has 1 N–H and O–H groups in total. The van der Waals surface area contributed by atoms with Crippen LogP contribution in [0, 0.1) is 0 Å². The predicted molar refractivity (Wildman–Crippen MR) is 54.3 cm³/mol. The molecule has 1 aliphatic carbocycles. The number of ketones is 1. The predicted octanol–water partition coefficient (Wildman–Crippen LogP) is 1.20. The highest BCUT2D eigenvalue weighted by molar-refractivity contribution is 6.07. The SMILES string of the molecule is CC(C)(C)OC(=O)C1(O)CCCCC1=O. The molecule has 1 atom stereocenters. The maximum atomic E-state index is 11.7. The number of carbonyl (C=O) groups is 2. The van der Waals surface area contributed by atoms with Crippen molar-refractivity contribution >= 4 is 11.8 Å². The van der Waals surface area contributed by atoms with E-state index in [1.54, 1.807) is 20.8 Å². The normalized spacial score (nSPS) is 27.6. The summed E-state index contributed by atoms with van der Waals surface area (Å²) in [6.45, 7) is 5.13. The molecule has 1 saturated carbocycles. The first-order valence-electron chi connectivity index (χ1n) is 5.25. The highest BCUT2D eigenvalue weighted by atomic mass is 16.6. The fourth-order valence-electron chi connectivity index (χ4n) is 1.59. The standard InChI is InChI=1S/C11H18O4/c1-10(2,3)15-9(13)11(14)7-5-4-6-8(11)12/h14H,4-7H2,1-3H3. The van der Waals surface area contributed by atoms with E-state index in [2.05, 4.69) is 0 Å². The first kappa shape index (κ1) is 12.2. The summed E-state index contributed by atoms with van der Waals surface area (Å²) in [5.41, 5.74) is -2.57. The van der Waals surface area contributed by atoms with E-state index in [-0.39, 0.29) is 12.8 Å². The molecule has 0 radical (unpaired) electrons. The highest BCUT2D eigenvalue weighted by Crippen LogP contribution is 2.27. The summed E-state index contributed by atoms with van der Waals surface area (Å²) in [4.78, 5) is 23.1. The summed E-state index contributed by atoms with van der Waals surface area (Å²) in [5.74, 6) is -1.22. The van der Waals surface area contributed by atoms with Crippen molar-refractivity contribution in [2.45, 2.75) is 57.7 Å². The van der Waals surface area contributed by atoms with E-state index in [4.69, 9.17) is 4.74 Å². The van der Waals surface area contributed by atoms with Crippen molar-refractivity contribution in [1.82, 2.24) is 0 Å². The van der Waals surface area contributed by atoms with E-state index in [9.17, 15) is 14.7 Å². The highest BCUT2D eigenvalue weighted by Gasteiger charge is 2.47. The third kappa shape index (κ3) is 2.78. The molecule has 0 spiro atoms. The van der Waals surface area contributed by atoms with Crippen LogP contribution in [0.3, 0.4) is 0 Å². The second-order valence-corrected chi connectivity index (χ2v) is 4.99. The molecule has 0 aromatic rings. The van der Waals surface area contributed by atoms with E-state index in [0.717, 1.165) is 6.42 Å². The molecule has 1 fully saturated rings. The smallest absolute Gasteiger partial charge is 0.346 e. The van der Waals surface area contributed by atoms with Crippen LogP contribution in [0.1, 0.15) is 46.5 Å². The van der Waals surface area contributed by atoms with Gasteiger partial charge in [0.1, 0.15) is 5.60 Å². The number of carbonyl (C=O) groups excluding carboxylic acids is 2. The Morgan fingerprint density at radius 2 is 2.00 bits per heavy atom. The maximum absolute atomic E-state index is 11.7. The molecule has 0 heterocycles. The van der Waals surface area contributed by atoms with Gasteiger partial charge in [0.25, 0.3) is 0 Å². The Morgan fingerprint density at radius 1 is 1.40 bits per heavy atom. The average Bonchev–Trinajstić information content (AvgIpc) is 2.07. The molecule has 4 nitrogen and oxygen atoms in total. The quantitative estimate of drug-likeness (QED) is 0.526. The summed E-state index contributed by atoms with van der Waals surface area (Å²) < 4.78 is 5.04. The molecule has 0 aromatic heterocycles. The Balaban J connectivity index is 2.76. The second kappa shape index (κ2) is 3.93. The van der Waals surface area contributed by atoms with E-state index >= 15 is 0 Å². The Morgan fingerprint density at radius 3 is 2.47 bits per heavy atom. The minimum atomic E-state index is -1.90. The van der Waals surface area contributed by atoms with Gasteiger partial charge in [0.15, 0.2) is 5.78 Å². The number of Topliss-reactive ketones (excluding diaryl/α,β-unsaturated/α-hetero) is 1. The lowest BCUT2D eigenvalue weighted by Gasteiger charge is -2.31. The minimum absolute atomic E-state index is 0.181. The zero-order valence-corrected chi connectivity index (χ0v) is 9.50. The lowest BCUT2D eigenvalue weighted by Crippen LogP contribution is -2.51. The van der Waals surface area contributed by atoms with E-state index < -0.39 is 23.0 Å². The maximum Gasteiger partial charge on any atom is 0.346 e. The monoisotopic (exact) mass is 214 g/mol. The molecule has 0 bridgehead atoms. The first-order valence-corrected chi connectivity index (χ1v) is 5.25. The summed E-state index contributed by atoms with van der Waals surface area (Å²) in [5, 5.41) is 9.95. The molecule has 0 aromatic carbocycles. The number of ether oxygens (including phenoxy) is 1. The fourth-order valence-corrected chi connectivity index (χ4v) is 1.59. The molecular formula is C11H18O4. The Hall–Kier alpha value is -0.900. The van der Waals surface area contributed by atoms with Crippen LogP contribution < -0.4 is 0 Å². The fraction of sp³-hybridized carbons (Fsp3) is 0.818. The van der Waals surface area contributed by atoms with Crippen LogP contribution >= 0.6 is 0 Å². The molecule has 1 rings (SSSR count). The number of hydrogen-bond donors (Lipinski definition) is 1. The van der Waals surface area contributed by atoms with E-state index in [0.29, 0.717) is 6.42 Å². The van der Waals surface area contributed by atoms with Crippen LogP contribution in [0.2, 0.25) is 0 Å². The van der Waals surface area contributed by atoms with Crippen molar-refractivity contribution in [2.24, 2.45) is 0 Å². The van der Waals surface area contributed by atoms with Gasteiger partial charge in [0, 0.05) is 6.42 Å². The molecule has 0 amide bonds. The lowest BCUT2D eigenvalue weighted by atomic mass is 9.83. The molecule has 4 heteroatoms. The summed E-state index contributed by atoms with van der Waals surface area (Å²) in [6.07, 6.45) is 1.86. The number of hydrogen-bond acceptors (Lipinski definition) is 4. The summed E-state index contributed by atoms with van der Waals surface area (Å²) >= 11 is 0. The van der Waals surface area contributed by atoms with Gasteiger partial charge in [-0.25, -0.2) is 4.79 Å². The van der Waals surface area contributed by atoms with Gasteiger partial charge < -0.3 is 9.84 Å². The van der Waals surface area contributed by atoms with Gasteiger partial charge in [-0.2, -0.15) is 0 Å². The Labute approximate surface area is 89.6 Å². The first-order chi connectivity index (χ1) is 6.76. The number of rotatable bonds is 1. The van der Waals surface area contributed by atoms with Crippen molar-refractivity contribution < 1.29 is 19.4 Å². The van der Waals surface area contributed by atoms with E-state index in [1.807, 2.05) is 0 Å². The van der Waals surface area contributed by atoms with Crippen LogP contribution in [-0.2, 0) is 14.3 Å².